The summed E-state index contributed by atoms with van der Waals surface area (Å²) in [5.41, 5.74) is 2.69. The standard InChI is InChI=1S/C19H17ClN2O2S/c1-12-17(18(23)21-11-13-3-7-15(20)8-4-13)25-19(22-12)14-5-9-16(24-2)10-6-14/h3-10H,11H2,1-2H3,(H,21,23). The molecule has 1 heterocycles. The summed E-state index contributed by atoms with van der Waals surface area (Å²) in [4.78, 5) is 17.6. The van der Waals surface area contributed by atoms with Gasteiger partial charge >= 0.3 is 0 Å². The van der Waals surface area contributed by atoms with Crippen molar-refractivity contribution in [1.82, 2.24) is 10.3 Å². The topological polar surface area (TPSA) is 51.2 Å². The first-order valence-corrected chi connectivity index (χ1v) is 8.91. The molecule has 0 radical (unpaired) electrons. The van der Waals surface area contributed by atoms with Gasteiger partial charge < -0.3 is 10.1 Å². The monoisotopic (exact) mass is 372 g/mol. The van der Waals surface area contributed by atoms with Crippen LogP contribution < -0.4 is 10.1 Å². The Kier molecular flexibility index (Phi) is 5.36. The summed E-state index contributed by atoms with van der Waals surface area (Å²) in [7, 11) is 1.63. The van der Waals surface area contributed by atoms with Crippen molar-refractivity contribution in [3.63, 3.8) is 0 Å². The lowest BCUT2D eigenvalue weighted by Gasteiger charge is -2.04. The van der Waals surface area contributed by atoms with Crippen molar-refractivity contribution >= 4 is 28.8 Å². The van der Waals surface area contributed by atoms with Gasteiger partial charge in [0.25, 0.3) is 5.91 Å². The summed E-state index contributed by atoms with van der Waals surface area (Å²) in [6.45, 7) is 2.30. The minimum absolute atomic E-state index is 0.121. The first-order chi connectivity index (χ1) is 12.1. The van der Waals surface area contributed by atoms with Crippen LogP contribution in [0.3, 0.4) is 0 Å². The van der Waals surface area contributed by atoms with Gasteiger partial charge in [-0.05, 0) is 48.9 Å². The van der Waals surface area contributed by atoms with Gasteiger partial charge in [0.05, 0.1) is 12.8 Å². The molecule has 0 aliphatic heterocycles. The first kappa shape index (κ1) is 17.5. The molecule has 25 heavy (non-hydrogen) atoms. The number of aryl methyl sites for hydroxylation is 1. The quantitative estimate of drug-likeness (QED) is 0.705. The highest BCUT2D eigenvalue weighted by atomic mass is 35.5. The Morgan fingerprint density at radius 2 is 1.84 bits per heavy atom. The zero-order valence-corrected chi connectivity index (χ0v) is 15.4. The van der Waals surface area contributed by atoms with Gasteiger partial charge in [-0.2, -0.15) is 0 Å². The van der Waals surface area contributed by atoms with Crippen molar-refractivity contribution in [2.24, 2.45) is 0 Å². The van der Waals surface area contributed by atoms with Crippen LogP contribution in [0, 0.1) is 6.92 Å². The Hall–Kier alpha value is -2.37. The molecule has 0 spiro atoms. The summed E-state index contributed by atoms with van der Waals surface area (Å²) < 4.78 is 5.16. The molecule has 1 aromatic heterocycles. The fraction of sp³-hybridized carbons (Fsp3) is 0.158. The second-order valence-corrected chi connectivity index (χ2v) is 6.91. The summed E-state index contributed by atoms with van der Waals surface area (Å²) in [6.07, 6.45) is 0. The van der Waals surface area contributed by atoms with Gasteiger partial charge in [-0.3, -0.25) is 4.79 Å². The van der Waals surface area contributed by atoms with Crippen molar-refractivity contribution in [3.8, 4) is 16.3 Å². The highest BCUT2D eigenvalue weighted by molar-refractivity contribution is 7.17. The Morgan fingerprint density at radius 3 is 2.48 bits per heavy atom. The number of amides is 1. The van der Waals surface area contributed by atoms with E-state index in [0.29, 0.717) is 16.4 Å². The molecule has 0 aliphatic rings. The number of methoxy groups -OCH3 is 1. The number of halogens is 1. The van der Waals surface area contributed by atoms with Crippen LogP contribution >= 0.6 is 22.9 Å². The van der Waals surface area contributed by atoms with Gasteiger partial charge in [0, 0.05) is 17.1 Å². The maximum atomic E-state index is 12.5. The molecule has 3 rings (SSSR count). The van der Waals surface area contributed by atoms with Crippen molar-refractivity contribution in [3.05, 3.63) is 69.7 Å². The Labute approximate surface area is 155 Å². The van der Waals surface area contributed by atoms with E-state index in [4.69, 9.17) is 16.3 Å². The average Bonchev–Trinajstić information content (AvgIpc) is 3.03. The average molecular weight is 373 g/mol. The molecule has 128 valence electrons. The molecule has 1 N–H and O–H groups in total. The van der Waals surface area contributed by atoms with Crippen molar-refractivity contribution in [2.75, 3.05) is 7.11 Å². The second kappa shape index (κ2) is 7.68. The van der Waals surface area contributed by atoms with Gasteiger partial charge in [0.15, 0.2) is 0 Å². The predicted octanol–water partition coefficient (Wildman–Crippen LogP) is 4.71. The number of hydrogen-bond acceptors (Lipinski definition) is 4. The van der Waals surface area contributed by atoms with E-state index in [9.17, 15) is 4.79 Å². The predicted molar refractivity (Wildman–Crippen MR) is 101 cm³/mol. The second-order valence-electron chi connectivity index (χ2n) is 5.47. The third-order valence-electron chi connectivity index (χ3n) is 3.71. The Bertz CT molecular complexity index is 873. The number of thiazole rings is 1. The number of benzene rings is 2. The van der Waals surface area contributed by atoms with E-state index >= 15 is 0 Å². The molecule has 1 amide bonds. The van der Waals surface area contributed by atoms with Crippen molar-refractivity contribution in [2.45, 2.75) is 13.5 Å². The molecule has 0 saturated heterocycles. The van der Waals surface area contributed by atoms with E-state index < -0.39 is 0 Å². The van der Waals surface area contributed by atoms with E-state index in [1.165, 1.54) is 11.3 Å². The number of carbonyl (C=O) groups is 1. The number of hydrogen-bond donors (Lipinski definition) is 1. The fourth-order valence-electron chi connectivity index (χ4n) is 2.33. The lowest BCUT2D eigenvalue weighted by Crippen LogP contribution is -2.22. The van der Waals surface area contributed by atoms with E-state index in [0.717, 1.165) is 27.6 Å². The van der Waals surface area contributed by atoms with Crippen LogP contribution in [0.4, 0.5) is 0 Å². The van der Waals surface area contributed by atoms with Crippen LogP contribution in [-0.2, 0) is 6.54 Å². The van der Waals surface area contributed by atoms with Gasteiger partial charge in [-0.25, -0.2) is 4.98 Å². The van der Waals surface area contributed by atoms with Crippen LogP contribution in [0.25, 0.3) is 10.6 Å². The zero-order valence-electron chi connectivity index (χ0n) is 13.9. The van der Waals surface area contributed by atoms with Gasteiger partial charge in [0.2, 0.25) is 0 Å². The highest BCUT2D eigenvalue weighted by Gasteiger charge is 2.16. The molecule has 0 atom stereocenters. The van der Waals surface area contributed by atoms with Crippen LogP contribution in [0.2, 0.25) is 5.02 Å². The summed E-state index contributed by atoms with van der Waals surface area (Å²) in [5, 5.41) is 4.42. The molecule has 6 heteroatoms. The molecular weight excluding hydrogens is 356 g/mol. The number of carbonyl (C=O) groups excluding carboxylic acids is 1. The van der Waals surface area contributed by atoms with Gasteiger partial charge in [-0.15, -0.1) is 11.3 Å². The number of nitrogens with one attached hydrogen (secondary N) is 1. The third kappa shape index (κ3) is 4.18. The van der Waals surface area contributed by atoms with E-state index in [1.807, 2.05) is 55.5 Å². The molecule has 2 aromatic carbocycles. The summed E-state index contributed by atoms with van der Waals surface area (Å²) >= 11 is 7.26. The molecule has 3 aromatic rings. The summed E-state index contributed by atoms with van der Waals surface area (Å²) in [5.74, 6) is 0.669. The molecule has 0 fully saturated rings. The molecule has 0 bridgehead atoms. The number of rotatable bonds is 5. The van der Waals surface area contributed by atoms with Gasteiger partial charge in [-0.1, -0.05) is 23.7 Å². The molecule has 0 saturated carbocycles. The third-order valence-corrected chi connectivity index (χ3v) is 5.16. The number of nitrogens with zero attached hydrogens (tertiary/aromatic N) is 1. The maximum Gasteiger partial charge on any atom is 0.263 e. The van der Waals surface area contributed by atoms with Crippen LogP contribution in [0.15, 0.2) is 48.5 Å². The van der Waals surface area contributed by atoms with E-state index in [2.05, 4.69) is 10.3 Å². The van der Waals surface area contributed by atoms with Crippen molar-refractivity contribution < 1.29 is 9.53 Å². The highest BCUT2D eigenvalue weighted by Crippen LogP contribution is 2.29. The van der Waals surface area contributed by atoms with Crippen molar-refractivity contribution in [1.29, 1.82) is 0 Å². The smallest absolute Gasteiger partial charge is 0.263 e. The normalized spacial score (nSPS) is 10.5. The fourth-order valence-corrected chi connectivity index (χ4v) is 3.44. The minimum Gasteiger partial charge on any atom is -0.497 e. The lowest BCUT2D eigenvalue weighted by atomic mass is 10.2. The van der Waals surface area contributed by atoms with Crippen LogP contribution in [0.5, 0.6) is 5.75 Å². The SMILES string of the molecule is COc1ccc(-c2nc(C)c(C(=O)NCc3ccc(Cl)cc3)s2)cc1. The molecule has 4 nitrogen and oxygen atoms in total. The lowest BCUT2D eigenvalue weighted by molar-refractivity contribution is 0.0954. The largest absolute Gasteiger partial charge is 0.497 e. The molecular formula is C19H17ClN2O2S. The number of aromatic nitrogens is 1. The molecule has 0 unspecified atom stereocenters. The molecule has 0 aliphatic carbocycles. The number of ether oxygens (including phenoxy) is 1. The Balaban J connectivity index is 1.72. The minimum atomic E-state index is -0.121. The zero-order chi connectivity index (χ0) is 17.8. The van der Waals surface area contributed by atoms with E-state index in [1.54, 1.807) is 7.11 Å². The summed E-state index contributed by atoms with van der Waals surface area (Å²) in [6, 6.07) is 15.0. The van der Waals surface area contributed by atoms with Gasteiger partial charge in [0.1, 0.15) is 15.6 Å². The maximum absolute atomic E-state index is 12.5. The van der Waals surface area contributed by atoms with Crippen LogP contribution in [-0.4, -0.2) is 18.0 Å². The Morgan fingerprint density at radius 1 is 1.16 bits per heavy atom. The first-order valence-electron chi connectivity index (χ1n) is 7.71. The van der Waals surface area contributed by atoms with E-state index in [-0.39, 0.29) is 5.91 Å². The van der Waals surface area contributed by atoms with Crippen LogP contribution in [0.1, 0.15) is 20.9 Å².